The van der Waals surface area contributed by atoms with E-state index >= 15 is 0 Å². The zero-order valence-corrected chi connectivity index (χ0v) is 21.8. The molecule has 38 heavy (non-hydrogen) atoms. The Balaban J connectivity index is 1.55. The van der Waals surface area contributed by atoms with Crippen molar-refractivity contribution in [2.24, 2.45) is 0 Å². The lowest BCUT2D eigenvalue weighted by Crippen LogP contribution is -2.26. The molecule has 0 aliphatic rings. The highest BCUT2D eigenvalue weighted by atomic mass is 16.5. The highest BCUT2D eigenvalue weighted by Crippen LogP contribution is 2.42. The number of para-hydroxylation sites is 1. The van der Waals surface area contributed by atoms with Crippen LogP contribution in [0.3, 0.4) is 0 Å². The molecule has 3 aromatic carbocycles. The van der Waals surface area contributed by atoms with Crippen LogP contribution < -0.4 is 24.3 Å². The third kappa shape index (κ3) is 4.68. The SMILES string of the molecule is COc1ccc(CCNC(=O)c2cc3c([nH]c4ccccc43)c(-c3cc(OC)c(OC)c(OC)c3)n2)cc1. The van der Waals surface area contributed by atoms with Crippen molar-refractivity contribution in [2.45, 2.75) is 6.42 Å². The number of hydrogen-bond donors (Lipinski definition) is 2. The number of H-pyrrole nitrogens is 1. The summed E-state index contributed by atoms with van der Waals surface area (Å²) in [6, 6.07) is 21.3. The van der Waals surface area contributed by atoms with E-state index in [1.165, 1.54) is 0 Å². The first kappa shape index (κ1) is 25.0. The number of methoxy groups -OCH3 is 4. The standard InChI is InChI=1S/C30H29N3O5/c1-35-20-11-9-18(10-12-20)13-14-31-30(34)24-17-22-21-7-5-6-8-23(21)32-28(22)27(33-24)19-15-25(36-2)29(38-4)26(16-19)37-3/h5-12,15-17,32H,13-14H2,1-4H3,(H,31,34). The van der Waals surface area contributed by atoms with Gasteiger partial charge in [-0.2, -0.15) is 0 Å². The van der Waals surface area contributed by atoms with Crippen LogP contribution >= 0.6 is 0 Å². The van der Waals surface area contributed by atoms with E-state index < -0.39 is 0 Å². The number of benzene rings is 3. The number of aromatic nitrogens is 2. The Hall–Kier alpha value is -4.72. The summed E-state index contributed by atoms with van der Waals surface area (Å²) in [5, 5.41) is 4.92. The molecule has 0 atom stereocenters. The predicted molar refractivity (Wildman–Crippen MR) is 148 cm³/mol. The highest BCUT2D eigenvalue weighted by molar-refractivity contribution is 6.13. The monoisotopic (exact) mass is 511 g/mol. The first-order valence-corrected chi connectivity index (χ1v) is 12.2. The number of aromatic amines is 1. The molecular weight excluding hydrogens is 482 g/mol. The van der Waals surface area contributed by atoms with Gasteiger partial charge in [0.05, 0.1) is 39.6 Å². The van der Waals surface area contributed by atoms with Crippen LogP contribution in [0.5, 0.6) is 23.0 Å². The van der Waals surface area contributed by atoms with Crippen molar-refractivity contribution in [1.29, 1.82) is 0 Å². The molecule has 0 saturated carbocycles. The smallest absolute Gasteiger partial charge is 0.269 e. The number of pyridine rings is 1. The molecule has 0 radical (unpaired) electrons. The largest absolute Gasteiger partial charge is 0.497 e. The fourth-order valence-electron chi connectivity index (χ4n) is 4.59. The first-order valence-electron chi connectivity index (χ1n) is 12.2. The van der Waals surface area contributed by atoms with Gasteiger partial charge >= 0.3 is 0 Å². The van der Waals surface area contributed by atoms with E-state index in [1.807, 2.05) is 66.7 Å². The Morgan fingerprint density at radius 2 is 1.55 bits per heavy atom. The summed E-state index contributed by atoms with van der Waals surface area (Å²) in [5.74, 6) is 2.04. The second-order valence-corrected chi connectivity index (χ2v) is 8.72. The van der Waals surface area contributed by atoms with Gasteiger partial charge in [0.25, 0.3) is 5.91 Å². The first-order chi connectivity index (χ1) is 18.6. The molecule has 0 saturated heterocycles. The van der Waals surface area contributed by atoms with Crippen LogP contribution in [0.15, 0.2) is 66.7 Å². The maximum atomic E-state index is 13.3. The second kappa shape index (κ2) is 10.7. The number of fused-ring (bicyclic) bond motifs is 3. The molecule has 0 unspecified atom stereocenters. The molecule has 5 aromatic rings. The van der Waals surface area contributed by atoms with Gasteiger partial charge in [-0.1, -0.05) is 30.3 Å². The van der Waals surface area contributed by atoms with Gasteiger partial charge in [0.2, 0.25) is 5.75 Å². The van der Waals surface area contributed by atoms with Gasteiger partial charge in [0.1, 0.15) is 11.4 Å². The van der Waals surface area contributed by atoms with Crippen LogP contribution in [0, 0.1) is 0 Å². The molecule has 8 heteroatoms. The number of nitrogens with zero attached hydrogens (tertiary/aromatic N) is 1. The summed E-state index contributed by atoms with van der Waals surface area (Å²) in [6.45, 7) is 0.471. The number of amides is 1. The average molecular weight is 512 g/mol. The summed E-state index contributed by atoms with van der Waals surface area (Å²) in [5.41, 5.74) is 4.53. The normalized spacial score (nSPS) is 10.9. The van der Waals surface area contributed by atoms with E-state index in [4.69, 9.17) is 23.9 Å². The van der Waals surface area contributed by atoms with Crippen molar-refractivity contribution in [1.82, 2.24) is 15.3 Å². The quantitative estimate of drug-likeness (QED) is 0.276. The summed E-state index contributed by atoms with van der Waals surface area (Å²) in [4.78, 5) is 21.6. The molecular formula is C30H29N3O5. The van der Waals surface area contributed by atoms with E-state index in [2.05, 4.69) is 10.3 Å². The maximum absolute atomic E-state index is 13.3. The van der Waals surface area contributed by atoms with Crippen LogP contribution in [0.2, 0.25) is 0 Å². The summed E-state index contributed by atoms with van der Waals surface area (Å²) in [6.07, 6.45) is 0.685. The number of rotatable bonds is 9. The van der Waals surface area contributed by atoms with Crippen LogP contribution in [0.4, 0.5) is 0 Å². The zero-order chi connectivity index (χ0) is 26.6. The summed E-state index contributed by atoms with van der Waals surface area (Å²) < 4.78 is 21.8. The third-order valence-corrected chi connectivity index (χ3v) is 6.53. The molecule has 2 N–H and O–H groups in total. The predicted octanol–water partition coefficient (Wildman–Crippen LogP) is 5.39. The second-order valence-electron chi connectivity index (χ2n) is 8.72. The van der Waals surface area contributed by atoms with E-state index in [0.717, 1.165) is 38.7 Å². The molecule has 0 aliphatic carbocycles. The molecule has 1 amide bonds. The molecule has 8 nitrogen and oxygen atoms in total. The molecule has 2 aromatic heterocycles. The van der Waals surface area contributed by atoms with Crippen molar-refractivity contribution in [3.8, 4) is 34.3 Å². The molecule has 2 heterocycles. The lowest BCUT2D eigenvalue weighted by Gasteiger charge is -2.15. The fraction of sp³-hybridized carbons (Fsp3) is 0.200. The van der Waals surface area contributed by atoms with Crippen molar-refractivity contribution in [2.75, 3.05) is 35.0 Å². The molecule has 0 aliphatic heterocycles. The Morgan fingerprint density at radius 1 is 0.842 bits per heavy atom. The van der Waals surface area contributed by atoms with Crippen LogP contribution in [0.1, 0.15) is 16.1 Å². The van der Waals surface area contributed by atoms with Crippen LogP contribution in [-0.4, -0.2) is 50.9 Å². The van der Waals surface area contributed by atoms with Crippen molar-refractivity contribution >= 4 is 27.7 Å². The van der Waals surface area contributed by atoms with Gasteiger partial charge in [-0.25, -0.2) is 4.98 Å². The molecule has 0 fully saturated rings. The average Bonchev–Trinajstić information content (AvgIpc) is 3.34. The fourth-order valence-corrected chi connectivity index (χ4v) is 4.59. The Morgan fingerprint density at radius 3 is 2.21 bits per heavy atom. The van der Waals surface area contributed by atoms with Gasteiger partial charge in [-0.15, -0.1) is 0 Å². The Kier molecular flexibility index (Phi) is 7.04. The Bertz CT molecular complexity index is 1580. The van der Waals surface area contributed by atoms with Crippen LogP contribution in [0.25, 0.3) is 33.1 Å². The van der Waals surface area contributed by atoms with Gasteiger partial charge < -0.3 is 29.2 Å². The lowest BCUT2D eigenvalue weighted by molar-refractivity contribution is 0.0949. The van der Waals surface area contributed by atoms with E-state index in [1.54, 1.807) is 28.4 Å². The van der Waals surface area contributed by atoms with E-state index in [0.29, 0.717) is 41.6 Å². The van der Waals surface area contributed by atoms with Crippen molar-refractivity contribution in [3.63, 3.8) is 0 Å². The minimum absolute atomic E-state index is 0.251. The number of nitrogens with one attached hydrogen (secondary N) is 2. The number of carbonyl (C=O) groups excluding carboxylic acids is 1. The van der Waals surface area contributed by atoms with E-state index in [9.17, 15) is 4.79 Å². The topological polar surface area (TPSA) is 94.7 Å². The lowest BCUT2D eigenvalue weighted by atomic mass is 10.0. The molecule has 0 spiro atoms. The number of hydrogen-bond acceptors (Lipinski definition) is 6. The van der Waals surface area contributed by atoms with Crippen LogP contribution in [-0.2, 0) is 6.42 Å². The number of ether oxygens (including phenoxy) is 4. The third-order valence-electron chi connectivity index (χ3n) is 6.53. The highest BCUT2D eigenvalue weighted by Gasteiger charge is 2.20. The van der Waals surface area contributed by atoms with Gasteiger partial charge in [-0.05, 0) is 48.4 Å². The number of carbonyl (C=O) groups is 1. The minimum Gasteiger partial charge on any atom is -0.497 e. The molecule has 194 valence electrons. The maximum Gasteiger partial charge on any atom is 0.269 e. The molecule has 0 bridgehead atoms. The zero-order valence-electron chi connectivity index (χ0n) is 21.8. The van der Waals surface area contributed by atoms with Crippen molar-refractivity contribution < 1.29 is 23.7 Å². The van der Waals surface area contributed by atoms with Gasteiger partial charge in [0, 0.05) is 28.4 Å². The summed E-state index contributed by atoms with van der Waals surface area (Å²) >= 11 is 0. The molecule has 5 rings (SSSR count). The van der Waals surface area contributed by atoms with Gasteiger partial charge in [0.15, 0.2) is 11.5 Å². The minimum atomic E-state index is -0.251. The van der Waals surface area contributed by atoms with Gasteiger partial charge in [-0.3, -0.25) is 4.79 Å². The summed E-state index contributed by atoms with van der Waals surface area (Å²) in [7, 11) is 6.34. The van der Waals surface area contributed by atoms with E-state index in [-0.39, 0.29) is 5.91 Å². The van der Waals surface area contributed by atoms with Crippen molar-refractivity contribution in [3.05, 3.63) is 78.0 Å². The Labute approximate surface area is 220 Å².